The Morgan fingerprint density at radius 2 is 1.73 bits per heavy atom. The van der Waals surface area contributed by atoms with Crippen LogP contribution in [-0.4, -0.2) is 19.3 Å². The maximum absolute atomic E-state index is 4.62. The van der Waals surface area contributed by atoms with Crippen molar-refractivity contribution in [1.82, 2.24) is 0 Å². The van der Waals surface area contributed by atoms with Crippen molar-refractivity contribution in [2.24, 2.45) is 4.99 Å². The average molecular weight is 429 g/mol. The standard InChI is InChI=1S/C31H28N2/c1-22(23(2)24-11-5-4-6-12-24)19-29(32-3)25-17-18-30-26(20-25)13-7-8-14-27-21-33(30)31-16-10-9-15-28(27)31/h4-12,14-20H,2,13,21H2,1,3H3/b8-7-,22-19-,27-14+,32-29+. The summed E-state index contributed by atoms with van der Waals surface area (Å²) in [7, 11) is 1.86. The molecule has 2 nitrogen and oxygen atoms in total. The smallest absolute Gasteiger partial charge is 0.0646 e. The third kappa shape index (κ3) is 4.01. The zero-order valence-electron chi connectivity index (χ0n) is 19.3. The van der Waals surface area contributed by atoms with Crippen molar-refractivity contribution in [3.8, 4) is 0 Å². The fourth-order valence-electron chi connectivity index (χ4n) is 4.67. The maximum atomic E-state index is 4.62. The van der Waals surface area contributed by atoms with Crippen molar-refractivity contribution >= 4 is 28.2 Å². The van der Waals surface area contributed by atoms with Crippen LogP contribution in [-0.2, 0) is 6.42 Å². The first-order valence-corrected chi connectivity index (χ1v) is 11.4. The molecule has 2 aliphatic heterocycles. The number of aliphatic imine (C=N–C) groups is 1. The summed E-state index contributed by atoms with van der Waals surface area (Å²) in [6.07, 6.45) is 9.74. The molecule has 0 fully saturated rings. The Labute approximate surface area is 196 Å². The summed E-state index contributed by atoms with van der Waals surface area (Å²) in [5.41, 5.74) is 11.9. The van der Waals surface area contributed by atoms with Crippen LogP contribution in [0, 0.1) is 0 Å². The minimum atomic E-state index is 0.891. The summed E-state index contributed by atoms with van der Waals surface area (Å²) >= 11 is 0. The van der Waals surface area contributed by atoms with Crippen LogP contribution in [0.15, 0.2) is 114 Å². The lowest BCUT2D eigenvalue weighted by atomic mass is 9.96. The molecule has 0 unspecified atom stereocenters. The Hall–Kier alpha value is -3.91. The molecule has 0 saturated carbocycles. The highest BCUT2D eigenvalue weighted by atomic mass is 15.2. The quantitative estimate of drug-likeness (QED) is 0.312. The number of hydrogen-bond acceptors (Lipinski definition) is 2. The molecule has 2 heterocycles. The molecule has 0 spiro atoms. The number of nitrogens with zero attached hydrogens (tertiary/aromatic N) is 2. The van der Waals surface area contributed by atoms with Gasteiger partial charge in [-0.05, 0) is 65.5 Å². The molecule has 2 bridgehead atoms. The first-order valence-electron chi connectivity index (χ1n) is 11.4. The van der Waals surface area contributed by atoms with Gasteiger partial charge in [0.1, 0.15) is 0 Å². The van der Waals surface area contributed by atoms with E-state index in [0.717, 1.165) is 41.0 Å². The summed E-state index contributed by atoms with van der Waals surface area (Å²) in [6, 6.07) is 25.7. The van der Waals surface area contributed by atoms with E-state index in [1.165, 1.54) is 28.1 Å². The van der Waals surface area contributed by atoms with Gasteiger partial charge in [-0.2, -0.15) is 0 Å². The number of anilines is 2. The largest absolute Gasteiger partial charge is 0.336 e. The molecule has 5 rings (SSSR count). The molecule has 0 N–H and O–H groups in total. The lowest BCUT2D eigenvalue weighted by Crippen LogP contribution is -2.15. The third-order valence-electron chi connectivity index (χ3n) is 6.50. The highest BCUT2D eigenvalue weighted by molar-refractivity contribution is 6.11. The first-order chi connectivity index (χ1) is 16.2. The molecule has 0 aromatic heterocycles. The van der Waals surface area contributed by atoms with Crippen LogP contribution >= 0.6 is 0 Å². The number of para-hydroxylation sites is 1. The third-order valence-corrected chi connectivity index (χ3v) is 6.50. The van der Waals surface area contributed by atoms with Crippen LogP contribution in [0.4, 0.5) is 11.4 Å². The highest BCUT2D eigenvalue weighted by Gasteiger charge is 2.26. The van der Waals surface area contributed by atoms with E-state index in [0.29, 0.717) is 0 Å². The normalized spacial score (nSPS) is 17.8. The van der Waals surface area contributed by atoms with Crippen molar-refractivity contribution in [3.05, 3.63) is 132 Å². The number of benzene rings is 3. The Bertz CT molecular complexity index is 1340. The molecule has 3 aromatic carbocycles. The predicted octanol–water partition coefficient (Wildman–Crippen LogP) is 7.41. The van der Waals surface area contributed by atoms with Crippen LogP contribution < -0.4 is 4.90 Å². The van der Waals surface area contributed by atoms with E-state index in [1.807, 2.05) is 25.2 Å². The number of hydrogen-bond donors (Lipinski definition) is 0. The minimum Gasteiger partial charge on any atom is -0.336 e. The van der Waals surface area contributed by atoms with Crippen molar-refractivity contribution < 1.29 is 0 Å². The fourth-order valence-corrected chi connectivity index (χ4v) is 4.67. The zero-order valence-corrected chi connectivity index (χ0v) is 19.3. The first kappa shape index (κ1) is 21.0. The van der Waals surface area contributed by atoms with Gasteiger partial charge in [0.25, 0.3) is 0 Å². The van der Waals surface area contributed by atoms with Gasteiger partial charge in [0.05, 0.1) is 5.71 Å². The molecule has 0 atom stereocenters. The molecule has 0 aliphatic carbocycles. The van der Waals surface area contributed by atoms with Crippen molar-refractivity contribution in [2.45, 2.75) is 13.3 Å². The Balaban J connectivity index is 1.51. The number of allylic oxidation sites excluding steroid dienone is 6. The van der Waals surface area contributed by atoms with E-state index >= 15 is 0 Å². The summed E-state index contributed by atoms with van der Waals surface area (Å²) < 4.78 is 0. The van der Waals surface area contributed by atoms with Gasteiger partial charge in [-0.25, -0.2) is 0 Å². The Kier molecular flexibility index (Phi) is 5.66. The van der Waals surface area contributed by atoms with Gasteiger partial charge in [-0.1, -0.05) is 79.4 Å². The van der Waals surface area contributed by atoms with Gasteiger partial charge < -0.3 is 4.90 Å². The zero-order chi connectivity index (χ0) is 22.8. The fraction of sp³-hybridized carbons (Fsp3) is 0.129. The van der Waals surface area contributed by atoms with Crippen LogP contribution in [0.2, 0.25) is 0 Å². The number of fused-ring (bicyclic) bond motifs is 7. The molecule has 3 aromatic rings. The van der Waals surface area contributed by atoms with E-state index in [2.05, 4.69) is 102 Å². The van der Waals surface area contributed by atoms with Crippen molar-refractivity contribution in [3.63, 3.8) is 0 Å². The Morgan fingerprint density at radius 1 is 0.939 bits per heavy atom. The van der Waals surface area contributed by atoms with Crippen LogP contribution in [0.3, 0.4) is 0 Å². The molecule has 0 radical (unpaired) electrons. The van der Waals surface area contributed by atoms with Crippen molar-refractivity contribution in [2.75, 3.05) is 18.5 Å². The van der Waals surface area contributed by atoms with Gasteiger partial charge in [0, 0.05) is 36.1 Å². The lowest BCUT2D eigenvalue weighted by Gasteiger charge is -2.23. The van der Waals surface area contributed by atoms with Gasteiger partial charge >= 0.3 is 0 Å². The van der Waals surface area contributed by atoms with Gasteiger partial charge in [0.15, 0.2) is 0 Å². The van der Waals surface area contributed by atoms with Crippen LogP contribution in [0.1, 0.15) is 29.2 Å². The molecular formula is C31H28N2. The molecule has 162 valence electrons. The van der Waals surface area contributed by atoms with E-state index in [1.54, 1.807) is 0 Å². The summed E-state index contributed by atoms with van der Waals surface area (Å²) in [5, 5.41) is 0. The second-order valence-electron chi connectivity index (χ2n) is 8.55. The van der Waals surface area contributed by atoms with Crippen LogP contribution in [0.5, 0.6) is 0 Å². The van der Waals surface area contributed by atoms with E-state index in [9.17, 15) is 0 Å². The number of rotatable bonds is 4. The van der Waals surface area contributed by atoms with E-state index in [-0.39, 0.29) is 0 Å². The van der Waals surface area contributed by atoms with Gasteiger partial charge in [-0.3, -0.25) is 4.99 Å². The van der Waals surface area contributed by atoms with E-state index < -0.39 is 0 Å². The van der Waals surface area contributed by atoms with Gasteiger partial charge in [-0.15, -0.1) is 0 Å². The SMILES string of the molecule is C=C(/C(C)=C\C(=N/C)c1ccc2c(c1)C/C=C\C=C1/CN2c2ccccc21)c1ccccc1. The maximum Gasteiger partial charge on any atom is 0.0646 e. The molecule has 2 aliphatic rings. The Morgan fingerprint density at radius 3 is 2.55 bits per heavy atom. The summed E-state index contributed by atoms with van der Waals surface area (Å²) in [4.78, 5) is 7.06. The second kappa shape index (κ2) is 8.91. The van der Waals surface area contributed by atoms with Crippen LogP contribution in [0.25, 0.3) is 11.1 Å². The topological polar surface area (TPSA) is 15.6 Å². The summed E-state index contributed by atoms with van der Waals surface area (Å²) in [5.74, 6) is 0. The highest BCUT2D eigenvalue weighted by Crippen LogP contribution is 2.42. The molecule has 33 heavy (non-hydrogen) atoms. The minimum absolute atomic E-state index is 0.891. The molecule has 0 saturated heterocycles. The monoisotopic (exact) mass is 428 g/mol. The molecule has 2 heteroatoms. The van der Waals surface area contributed by atoms with Crippen molar-refractivity contribution in [1.29, 1.82) is 0 Å². The summed E-state index contributed by atoms with van der Waals surface area (Å²) in [6.45, 7) is 7.32. The van der Waals surface area contributed by atoms with Gasteiger partial charge in [0.2, 0.25) is 0 Å². The molecule has 0 amide bonds. The predicted molar refractivity (Wildman–Crippen MR) is 142 cm³/mol. The lowest BCUT2D eigenvalue weighted by molar-refractivity contribution is 1.12. The van der Waals surface area contributed by atoms with E-state index in [4.69, 9.17) is 0 Å². The molecular weight excluding hydrogens is 400 g/mol. The average Bonchev–Trinajstić information content (AvgIpc) is 3.27. The second-order valence-corrected chi connectivity index (χ2v) is 8.55.